The standard InChI is InChI=1S/C20H27N7O3/c1-6-27-16-13(29-11-19(2,3)10-21)9-23-12(7-8-20(4,5)28)14(16)24-18(27)15-17(22)26-30-25-15/h9,28H,6,10-11,21H2,1-5H3,(H2,22,26). The van der Waals surface area contributed by atoms with Crippen LogP contribution in [0.15, 0.2) is 10.8 Å². The summed E-state index contributed by atoms with van der Waals surface area (Å²) in [4.78, 5) is 9.10. The number of rotatable bonds is 6. The normalized spacial score (nSPS) is 12.1. The van der Waals surface area contributed by atoms with Gasteiger partial charge in [0.15, 0.2) is 23.1 Å². The molecule has 3 heterocycles. The second-order valence-corrected chi connectivity index (χ2v) is 8.31. The van der Waals surface area contributed by atoms with Crippen molar-refractivity contribution in [2.45, 2.75) is 46.8 Å². The molecule has 0 saturated carbocycles. The van der Waals surface area contributed by atoms with Gasteiger partial charge < -0.3 is 25.9 Å². The van der Waals surface area contributed by atoms with E-state index in [2.05, 4.69) is 32.1 Å². The summed E-state index contributed by atoms with van der Waals surface area (Å²) in [7, 11) is 0. The van der Waals surface area contributed by atoms with Gasteiger partial charge in [-0.15, -0.1) is 0 Å². The van der Waals surface area contributed by atoms with Crippen LogP contribution in [-0.2, 0) is 6.54 Å². The average Bonchev–Trinajstić information content (AvgIpc) is 3.27. The van der Waals surface area contributed by atoms with Gasteiger partial charge in [0.25, 0.3) is 0 Å². The first-order valence-electron chi connectivity index (χ1n) is 9.62. The maximum absolute atomic E-state index is 9.99. The summed E-state index contributed by atoms with van der Waals surface area (Å²) >= 11 is 0. The lowest BCUT2D eigenvalue weighted by molar-refractivity contribution is 0.143. The fourth-order valence-electron chi connectivity index (χ4n) is 2.69. The Kier molecular flexibility index (Phi) is 5.70. The van der Waals surface area contributed by atoms with E-state index in [-0.39, 0.29) is 11.2 Å². The fourth-order valence-corrected chi connectivity index (χ4v) is 2.69. The number of nitrogen functional groups attached to an aromatic ring is 1. The van der Waals surface area contributed by atoms with E-state index < -0.39 is 5.60 Å². The highest BCUT2D eigenvalue weighted by Crippen LogP contribution is 2.33. The van der Waals surface area contributed by atoms with Crippen LogP contribution in [0.2, 0.25) is 0 Å². The van der Waals surface area contributed by atoms with Crippen LogP contribution in [0.5, 0.6) is 5.75 Å². The van der Waals surface area contributed by atoms with E-state index in [0.717, 1.165) is 0 Å². The highest BCUT2D eigenvalue weighted by Gasteiger charge is 2.24. The van der Waals surface area contributed by atoms with E-state index in [0.29, 0.717) is 53.7 Å². The van der Waals surface area contributed by atoms with Crippen molar-refractivity contribution in [3.8, 4) is 29.1 Å². The second kappa shape index (κ2) is 7.93. The van der Waals surface area contributed by atoms with Gasteiger partial charge in [0, 0.05) is 18.5 Å². The Balaban J connectivity index is 2.24. The van der Waals surface area contributed by atoms with Gasteiger partial charge in [-0.25, -0.2) is 14.6 Å². The zero-order valence-electron chi connectivity index (χ0n) is 17.9. The summed E-state index contributed by atoms with van der Waals surface area (Å²) in [6, 6.07) is 0. The molecular formula is C20H27N7O3. The zero-order valence-corrected chi connectivity index (χ0v) is 17.9. The van der Waals surface area contributed by atoms with Gasteiger partial charge in [-0.2, -0.15) is 0 Å². The Morgan fingerprint density at radius 2 is 2.00 bits per heavy atom. The van der Waals surface area contributed by atoms with Gasteiger partial charge in [-0.3, -0.25) is 0 Å². The molecule has 0 atom stereocenters. The number of hydrogen-bond acceptors (Lipinski definition) is 9. The zero-order chi connectivity index (χ0) is 22.1. The maximum Gasteiger partial charge on any atom is 0.199 e. The van der Waals surface area contributed by atoms with Crippen LogP contribution in [0.1, 0.15) is 40.3 Å². The molecule has 0 aliphatic carbocycles. The monoisotopic (exact) mass is 413 g/mol. The number of aliphatic hydroxyl groups is 1. The minimum Gasteiger partial charge on any atom is -0.489 e. The summed E-state index contributed by atoms with van der Waals surface area (Å²) < 4.78 is 12.7. The molecule has 3 aromatic rings. The van der Waals surface area contributed by atoms with Crippen LogP contribution in [0.3, 0.4) is 0 Å². The van der Waals surface area contributed by atoms with Crippen LogP contribution in [0, 0.1) is 17.3 Å². The highest BCUT2D eigenvalue weighted by atomic mass is 16.6. The Morgan fingerprint density at radius 3 is 2.57 bits per heavy atom. The molecule has 3 rings (SSSR count). The van der Waals surface area contributed by atoms with Gasteiger partial charge >= 0.3 is 0 Å². The van der Waals surface area contributed by atoms with Crippen molar-refractivity contribution < 1.29 is 14.5 Å². The smallest absolute Gasteiger partial charge is 0.199 e. The molecule has 0 aromatic carbocycles. The van der Waals surface area contributed by atoms with Crippen LogP contribution in [0.4, 0.5) is 5.82 Å². The number of nitrogens with zero attached hydrogens (tertiary/aromatic N) is 5. The van der Waals surface area contributed by atoms with E-state index in [4.69, 9.17) is 20.8 Å². The lowest BCUT2D eigenvalue weighted by atomic mass is 9.95. The number of aromatic nitrogens is 5. The molecule has 160 valence electrons. The van der Waals surface area contributed by atoms with E-state index in [1.807, 2.05) is 25.3 Å². The Hall–Kier alpha value is -3.16. The predicted molar refractivity (Wildman–Crippen MR) is 112 cm³/mol. The van der Waals surface area contributed by atoms with Crippen molar-refractivity contribution in [2.24, 2.45) is 11.1 Å². The first kappa shape index (κ1) is 21.5. The van der Waals surface area contributed by atoms with Crippen LogP contribution in [-0.4, -0.2) is 48.7 Å². The number of aryl methyl sites for hydroxylation is 1. The molecule has 0 saturated heterocycles. The van der Waals surface area contributed by atoms with Crippen LogP contribution in [0.25, 0.3) is 22.6 Å². The molecule has 0 unspecified atom stereocenters. The van der Waals surface area contributed by atoms with E-state index in [9.17, 15) is 5.11 Å². The quantitative estimate of drug-likeness (QED) is 0.511. The lowest BCUT2D eigenvalue weighted by Gasteiger charge is -2.22. The lowest BCUT2D eigenvalue weighted by Crippen LogP contribution is -2.30. The number of hydrogen-bond donors (Lipinski definition) is 3. The summed E-state index contributed by atoms with van der Waals surface area (Å²) in [5, 5.41) is 17.5. The third-order valence-electron chi connectivity index (χ3n) is 4.44. The third-order valence-corrected chi connectivity index (χ3v) is 4.44. The SMILES string of the molecule is CCn1c(-c2nonc2N)nc2c(C#CC(C)(C)O)ncc(OCC(C)(C)CN)c21. The van der Waals surface area contributed by atoms with Gasteiger partial charge in [0.05, 0.1) is 12.8 Å². The van der Waals surface area contributed by atoms with Crippen molar-refractivity contribution in [1.82, 2.24) is 24.8 Å². The minimum atomic E-state index is -1.18. The summed E-state index contributed by atoms with van der Waals surface area (Å²) in [5.41, 5.74) is 12.3. The van der Waals surface area contributed by atoms with Crippen molar-refractivity contribution in [2.75, 3.05) is 18.9 Å². The summed E-state index contributed by atoms with van der Waals surface area (Å²) in [6.45, 7) is 10.6. The van der Waals surface area contributed by atoms with Crippen LogP contribution < -0.4 is 16.2 Å². The first-order valence-corrected chi connectivity index (χ1v) is 9.62. The molecule has 0 bridgehead atoms. The molecule has 0 aliphatic heterocycles. The molecule has 0 radical (unpaired) electrons. The topological polar surface area (TPSA) is 151 Å². The minimum absolute atomic E-state index is 0.129. The van der Waals surface area contributed by atoms with Gasteiger partial charge in [-0.1, -0.05) is 19.8 Å². The molecule has 0 aliphatic rings. The van der Waals surface area contributed by atoms with Crippen molar-refractivity contribution in [1.29, 1.82) is 0 Å². The van der Waals surface area contributed by atoms with Crippen molar-refractivity contribution in [3.63, 3.8) is 0 Å². The molecule has 0 fully saturated rings. The molecule has 10 heteroatoms. The van der Waals surface area contributed by atoms with E-state index in [1.165, 1.54) is 0 Å². The second-order valence-electron chi connectivity index (χ2n) is 8.31. The molecular weight excluding hydrogens is 386 g/mol. The van der Waals surface area contributed by atoms with E-state index in [1.54, 1.807) is 20.0 Å². The number of nitrogens with two attached hydrogens (primary N) is 2. The van der Waals surface area contributed by atoms with Gasteiger partial charge in [0.1, 0.15) is 22.3 Å². The number of imidazole rings is 1. The van der Waals surface area contributed by atoms with Crippen molar-refractivity contribution >= 4 is 16.9 Å². The largest absolute Gasteiger partial charge is 0.489 e. The third kappa shape index (κ3) is 4.37. The first-order chi connectivity index (χ1) is 14.1. The molecule has 3 aromatic heterocycles. The predicted octanol–water partition coefficient (Wildman–Crippen LogP) is 1.57. The number of anilines is 1. The number of fused-ring (bicyclic) bond motifs is 1. The Bertz CT molecular complexity index is 1110. The Labute approximate surface area is 174 Å². The Morgan fingerprint density at radius 1 is 1.27 bits per heavy atom. The summed E-state index contributed by atoms with van der Waals surface area (Å²) in [6.07, 6.45) is 1.60. The molecule has 0 amide bonds. The highest BCUT2D eigenvalue weighted by molar-refractivity contribution is 5.89. The molecule has 0 spiro atoms. The van der Waals surface area contributed by atoms with Gasteiger partial charge in [-0.05, 0) is 37.0 Å². The summed E-state index contributed by atoms with van der Waals surface area (Å²) in [5.74, 6) is 6.82. The molecule has 10 nitrogen and oxygen atoms in total. The van der Waals surface area contributed by atoms with Gasteiger partial charge in [0.2, 0.25) is 0 Å². The van der Waals surface area contributed by atoms with E-state index >= 15 is 0 Å². The molecule has 30 heavy (non-hydrogen) atoms. The number of ether oxygens (including phenoxy) is 1. The number of pyridine rings is 1. The maximum atomic E-state index is 9.99. The van der Waals surface area contributed by atoms with Crippen molar-refractivity contribution in [3.05, 3.63) is 11.9 Å². The molecule has 5 N–H and O–H groups in total. The average molecular weight is 413 g/mol. The fraction of sp³-hybridized carbons (Fsp3) is 0.500. The van der Waals surface area contributed by atoms with Crippen LogP contribution >= 0.6 is 0 Å².